The number of amides is 2. The van der Waals surface area contributed by atoms with Gasteiger partial charge in [-0.25, -0.2) is 9.97 Å². The Balaban J connectivity index is 1.29. The van der Waals surface area contributed by atoms with E-state index in [1.54, 1.807) is 17.3 Å². The van der Waals surface area contributed by atoms with Crippen LogP contribution in [0.1, 0.15) is 23.2 Å². The van der Waals surface area contributed by atoms with Crippen molar-refractivity contribution in [2.75, 3.05) is 50.1 Å². The van der Waals surface area contributed by atoms with Gasteiger partial charge in [0.1, 0.15) is 0 Å². The minimum atomic E-state index is -0.204. The lowest BCUT2D eigenvalue weighted by Gasteiger charge is -2.22. The number of pyridine rings is 1. The van der Waals surface area contributed by atoms with Crippen molar-refractivity contribution in [2.24, 2.45) is 5.92 Å². The summed E-state index contributed by atoms with van der Waals surface area (Å²) in [6, 6.07) is 3.90. The molecule has 2 aliphatic heterocycles. The fourth-order valence-electron chi connectivity index (χ4n) is 4.03. The van der Waals surface area contributed by atoms with Crippen LogP contribution in [0, 0.1) is 5.92 Å². The van der Waals surface area contributed by atoms with Gasteiger partial charge in [-0.15, -0.1) is 0 Å². The Morgan fingerprint density at radius 1 is 1.07 bits per heavy atom. The second kappa shape index (κ2) is 8.64. The molecule has 2 atom stereocenters. The highest BCUT2D eigenvalue weighted by molar-refractivity contribution is 5.94. The number of nitrogens with one attached hydrogen (secondary N) is 1. The zero-order chi connectivity index (χ0) is 21.1. The quantitative estimate of drug-likeness (QED) is 0.780. The van der Waals surface area contributed by atoms with Crippen LogP contribution in [-0.4, -0.2) is 78.0 Å². The van der Waals surface area contributed by atoms with Crippen molar-refractivity contribution >= 4 is 23.5 Å². The van der Waals surface area contributed by atoms with Gasteiger partial charge in [0.2, 0.25) is 11.9 Å². The maximum absolute atomic E-state index is 13.0. The van der Waals surface area contributed by atoms with E-state index in [0.717, 1.165) is 31.6 Å². The number of likely N-dealkylation sites (tertiary alicyclic amines) is 1. The molecule has 2 aliphatic rings. The van der Waals surface area contributed by atoms with Crippen LogP contribution < -0.4 is 15.1 Å². The van der Waals surface area contributed by atoms with Gasteiger partial charge in [-0.2, -0.15) is 0 Å². The minimum Gasteiger partial charge on any atom is -0.371 e. The van der Waals surface area contributed by atoms with Gasteiger partial charge < -0.3 is 20.0 Å². The van der Waals surface area contributed by atoms with Crippen LogP contribution in [0.3, 0.4) is 0 Å². The van der Waals surface area contributed by atoms with Gasteiger partial charge in [0.25, 0.3) is 5.91 Å². The Morgan fingerprint density at radius 2 is 1.80 bits per heavy atom. The number of nitrogens with zero attached hydrogens (tertiary/aromatic N) is 6. The van der Waals surface area contributed by atoms with E-state index >= 15 is 0 Å². The van der Waals surface area contributed by atoms with E-state index < -0.39 is 0 Å². The molecule has 158 valence electrons. The zero-order valence-electron chi connectivity index (χ0n) is 17.4. The van der Waals surface area contributed by atoms with Crippen molar-refractivity contribution in [2.45, 2.75) is 18.9 Å². The highest BCUT2D eigenvalue weighted by Gasteiger charge is 2.35. The van der Waals surface area contributed by atoms with Crippen LogP contribution in [0.2, 0.25) is 0 Å². The molecule has 9 heteroatoms. The van der Waals surface area contributed by atoms with Crippen molar-refractivity contribution in [1.29, 1.82) is 0 Å². The van der Waals surface area contributed by atoms with E-state index in [1.165, 1.54) is 12.4 Å². The Bertz CT molecular complexity index is 888. The summed E-state index contributed by atoms with van der Waals surface area (Å²) in [7, 11) is 3.69. The van der Waals surface area contributed by atoms with E-state index in [2.05, 4.69) is 25.2 Å². The molecule has 1 N–H and O–H groups in total. The molecule has 2 fully saturated rings. The molecule has 0 aliphatic carbocycles. The number of hydrogen-bond donors (Lipinski definition) is 1. The van der Waals surface area contributed by atoms with E-state index in [0.29, 0.717) is 24.6 Å². The number of rotatable bonds is 5. The summed E-state index contributed by atoms with van der Waals surface area (Å²) in [5.74, 6) is 0.535. The predicted molar refractivity (Wildman–Crippen MR) is 113 cm³/mol. The first kappa shape index (κ1) is 20.1. The van der Waals surface area contributed by atoms with E-state index in [-0.39, 0.29) is 23.8 Å². The van der Waals surface area contributed by atoms with Crippen LogP contribution >= 0.6 is 0 Å². The van der Waals surface area contributed by atoms with Crippen LogP contribution in [-0.2, 0) is 4.79 Å². The fourth-order valence-corrected chi connectivity index (χ4v) is 4.03. The molecule has 2 unspecified atom stereocenters. The Morgan fingerprint density at radius 3 is 2.50 bits per heavy atom. The van der Waals surface area contributed by atoms with E-state index in [4.69, 9.17) is 0 Å². The number of carbonyl (C=O) groups is 2. The molecule has 30 heavy (non-hydrogen) atoms. The van der Waals surface area contributed by atoms with Gasteiger partial charge in [-0.05, 0) is 25.0 Å². The number of carbonyl (C=O) groups excluding carboxylic acids is 2. The molecule has 2 aromatic heterocycles. The van der Waals surface area contributed by atoms with Crippen LogP contribution in [0.25, 0.3) is 0 Å². The van der Waals surface area contributed by atoms with Crippen molar-refractivity contribution in [1.82, 2.24) is 25.2 Å². The largest absolute Gasteiger partial charge is 0.371 e. The van der Waals surface area contributed by atoms with Crippen LogP contribution in [0.15, 0.2) is 36.9 Å². The van der Waals surface area contributed by atoms with Crippen molar-refractivity contribution in [3.63, 3.8) is 0 Å². The van der Waals surface area contributed by atoms with Gasteiger partial charge in [-0.1, -0.05) is 0 Å². The molecular formula is C21H27N7O2. The molecule has 0 radical (unpaired) electrons. The maximum atomic E-state index is 13.0. The van der Waals surface area contributed by atoms with Gasteiger partial charge in [0.15, 0.2) is 0 Å². The number of anilines is 2. The van der Waals surface area contributed by atoms with Crippen molar-refractivity contribution in [3.05, 3.63) is 42.5 Å². The minimum absolute atomic E-state index is 0.000375. The molecule has 0 spiro atoms. The van der Waals surface area contributed by atoms with Gasteiger partial charge in [0, 0.05) is 76.8 Å². The zero-order valence-corrected chi connectivity index (χ0v) is 17.4. The highest BCUT2D eigenvalue weighted by atomic mass is 16.2. The lowest BCUT2D eigenvalue weighted by atomic mass is 10.1. The second-order valence-corrected chi connectivity index (χ2v) is 8.05. The highest BCUT2D eigenvalue weighted by Crippen LogP contribution is 2.25. The number of hydrogen-bond acceptors (Lipinski definition) is 7. The van der Waals surface area contributed by atoms with Gasteiger partial charge in [-0.3, -0.25) is 14.6 Å². The molecule has 2 amide bonds. The normalized spacial score (nSPS) is 21.0. The third kappa shape index (κ3) is 4.34. The molecule has 0 saturated carbocycles. The molecule has 2 saturated heterocycles. The SMILES string of the molecule is CN(C)c1ncc(C(=O)NC2CCN(C(=O)C3CCN(c4ccncc4)C3)C2)cn1. The third-order valence-corrected chi connectivity index (χ3v) is 5.70. The molecule has 2 aromatic rings. The molecule has 0 bridgehead atoms. The Hall–Kier alpha value is -3.23. The maximum Gasteiger partial charge on any atom is 0.254 e. The summed E-state index contributed by atoms with van der Waals surface area (Å²) < 4.78 is 0. The Kier molecular flexibility index (Phi) is 5.78. The summed E-state index contributed by atoms with van der Waals surface area (Å²) in [5.41, 5.74) is 1.53. The first-order valence-electron chi connectivity index (χ1n) is 10.3. The average molecular weight is 409 g/mol. The first-order valence-corrected chi connectivity index (χ1v) is 10.3. The van der Waals surface area contributed by atoms with Crippen LogP contribution in [0.5, 0.6) is 0 Å². The summed E-state index contributed by atoms with van der Waals surface area (Å²) in [5, 5.41) is 3.01. The smallest absolute Gasteiger partial charge is 0.254 e. The molecule has 4 rings (SSSR count). The number of aromatic nitrogens is 3. The van der Waals surface area contributed by atoms with Crippen molar-refractivity contribution in [3.8, 4) is 0 Å². The summed E-state index contributed by atoms with van der Waals surface area (Å²) in [6.45, 7) is 2.82. The monoisotopic (exact) mass is 409 g/mol. The third-order valence-electron chi connectivity index (χ3n) is 5.70. The molecule has 0 aromatic carbocycles. The van der Waals surface area contributed by atoms with Gasteiger partial charge >= 0.3 is 0 Å². The summed E-state index contributed by atoms with van der Waals surface area (Å²) in [6.07, 6.45) is 8.22. The summed E-state index contributed by atoms with van der Waals surface area (Å²) in [4.78, 5) is 43.8. The lowest BCUT2D eigenvalue weighted by Crippen LogP contribution is -2.40. The van der Waals surface area contributed by atoms with Crippen LogP contribution in [0.4, 0.5) is 11.6 Å². The molecular weight excluding hydrogens is 382 g/mol. The molecule has 4 heterocycles. The lowest BCUT2D eigenvalue weighted by molar-refractivity contribution is -0.133. The fraction of sp³-hybridized carbons (Fsp3) is 0.476. The van der Waals surface area contributed by atoms with Gasteiger partial charge in [0.05, 0.1) is 11.5 Å². The topological polar surface area (TPSA) is 94.6 Å². The average Bonchev–Trinajstić information content (AvgIpc) is 3.44. The first-order chi connectivity index (χ1) is 14.5. The molecule has 9 nitrogen and oxygen atoms in total. The standard InChI is InChI=1S/C21H27N7O2/c1-26(2)21-23-11-16(12-24-21)19(29)25-17-6-10-28(14-17)20(30)15-5-9-27(13-15)18-3-7-22-8-4-18/h3-4,7-8,11-12,15,17H,5-6,9-10,13-14H2,1-2H3,(H,25,29). The van der Waals surface area contributed by atoms with E-state index in [1.807, 2.05) is 31.1 Å². The van der Waals surface area contributed by atoms with Crippen molar-refractivity contribution < 1.29 is 9.59 Å². The van der Waals surface area contributed by atoms with E-state index in [9.17, 15) is 9.59 Å². The predicted octanol–water partition coefficient (Wildman–Crippen LogP) is 0.795. The summed E-state index contributed by atoms with van der Waals surface area (Å²) >= 11 is 0. The second-order valence-electron chi connectivity index (χ2n) is 8.05. The Labute approximate surface area is 176 Å².